The second-order valence-electron chi connectivity index (χ2n) is 9.69. The normalized spacial score (nSPS) is 40.4. The summed E-state index contributed by atoms with van der Waals surface area (Å²) in [5.74, 6) is 0.159. The van der Waals surface area contributed by atoms with Crippen LogP contribution in [0, 0.1) is 11.8 Å². The molecule has 4 fully saturated rings. The molecule has 0 radical (unpaired) electrons. The summed E-state index contributed by atoms with van der Waals surface area (Å²) in [7, 11) is 0. The van der Waals surface area contributed by atoms with Crippen molar-refractivity contribution in [2.75, 3.05) is 18.5 Å². The third-order valence-electron chi connectivity index (χ3n) is 8.42. The second-order valence-corrected chi connectivity index (χ2v) is 9.69. The lowest BCUT2D eigenvalue weighted by Gasteiger charge is -2.43. The molecule has 1 unspecified atom stereocenters. The molecule has 5 heterocycles. The summed E-state index contributed by atoms with van der Waals surface area (Å²) < 4.78 is 0. The van der Waals surface area contributed by atoms with Crippen molar-refractivity contribution in [1.29, 1.82) is 0 Å². The summed E-state index contributed by atoms with van der Waals surface area (Å²) in [4.78, 5) is 32.1. The van der Waals surface area contributed by atoms with Gasteiger partial charge in [0.1, 0.15) is 5.54 Å². The SMILES string of the molecule is O=C([C@@H]1C[C@H]2CCCN2[C@]12C(=O)Nc1ccccc12)N1[C@@H]2CC[C@H]1CC(CO)C2. The first kappa shape index (κ1) is 17.9. The van der Waals surface area contributed by atoms with E-state index >= 15 is 0 Å². The Morgan fingerprint density at radius 2 is 1.86 bits per heavy atom. The second kappa shape index (κ2) is 6.29. The molecule has 0 saturated carbocycles. The average Bonchev–Trinajstić information content (AvgIpc) is 3.44. The van der Waals surface area contributed by atoms with E-state index in [0.717, 1.165) is 62.7 Å². The van der Waals surface area contributed by atoms with Gasteiger partial charge in [-0.3, -0.25) is 14.5 Å². The Kier molecular flexibility index (Phi) is 3.88. The van der Waals surface area contributed by atoms with Crippen LogP contribution in [0.5, 0.6) is 0 Å². The van der Waals surface area contributed by atoms with Crippen LogP contribution in [0.1, 0.15) is 50.5 Å². The van der Waals surface area contributed by atoms with Gasteiger partial charge in [0.05, 0.1) is 5.92 Å². The van der Waals surface area contributed by atoms with Crippen molar-refractivity contribution >= 4 is 17.5 Å². The molecule has 0 aliphatic carbocycles. The summed E-state index contributed by atoms with van der Waals surface area (Å²) in [5, 5.41) is 12.7. The van der Waals surface area contributed by atoms with E-state index in [1.54, 1.807) is 0 Å². The van der Waals surface area contributed by atoms with Crippen LogP contribution >= 0.6 is 0 Å². The van der Waals surface area contributed by atoms with Gasteiger partial charge in [-0.1, -0.05) is 18.2 Å². The summed E-state index contributed by atoms with van der Waals surface area (Å²) >= 11 is 0. The van der Waals surface area contributed by atoms with Crippen molar-refractivity contribution in [3.05, 3.63) is 29.8 Å². The fourth-order valence-electron chi connectivity index (χ4n) is 7.34. The number of nitrogens with zero attached hydrogens (tertiary/aromatic N) is 2. The molecule has 6 heteroatoms. The highest BCUT2D eigenvalue weighted by atomic mass is 16.3. The molecule has 2 bridgehead atoms. The Morgan fingerprint density at radius 1 is 1.10 bits per heavy atom. The Hall–Kier alpha value is -1.92. The van der Waals surface area contributed by atoms with Gasteiger partial charge in [0.15, 0.2) is 0 Å². The Labute approximate surface area is 171 Å². The van der Waals surface area contributed by atoms with Gasteiger partial charge in [0, 0.05) is 36.0 Å². The van der Waals surface area contributed by atoms with Crippen LogP contribution in [0.4, 0.5) is 5.69 Å². The van der Waals surface area contributed by atoms with Crippen LogP contribution in [0.15, 0.2) is 24.3 Å². The Morgan fingerprint density at radius 3 is 2.62 bits per heavy atom. The fraction of sp³-hybridized carbons (Fsp3) is 0.652. The van der Waals surface area contributed by atoms with Crippen molar-refractivity contribution in [2.45, 2.75) is 68.6 Å². The first-order chi connectivity index (χ1) is 14.1. The number of hydrogen-bond acceptors (Lipinski definition) is 4. The van der Waals surface area contributed by atoms with E-state index in [-0.39, 0.29) is 36.4 Å². The zero-order chi connectivity index (χ0) is 19.8. The van der Waals surface area contributed by atoms with E-state index in [1.165, 1.54) is 0 Å². The number of piperidine rings is 1. The number of para-hydroxylation sites is 1. The number of aliphatic hydroxyl groups is 1. The van der Waals surface area contributed by atoms with Gasteiger partial charge in [0.2, 0.25) is 11.8 Å². The fourth-order valence-corrected chi connectivity index (χ4v) is 7.34. The minimum Gasteiger partial charge on any atom is -0.396 e. The van der Waals surface area contributed by atoms with Crippen molar-refractivity contribution in [1.82, 2.24) is 9.80 Å². The molecule has 4 saturated heterocycles. The van der Waals surface area contributed by atoms with Gasteiger partial charge < -0.3 is 15.3 Å². The van der Waals surface area contributed by atoms with Gasteiger partial charge in [0.25, 0.3) is 0 Å². The van der Waals surface area contributed by atoms with Crippen LogP contribution in [-0.2, 0) is 15.1 Å². The molecule has 5 aliphatic rings. The highest BCUT2D eigenvalue weighted by molar-refractivity contribution is 6.09. The molecule has 29 heavy (non-hydrogen) atoms. The number of anilines is 1. The van der Waals surface area contributed by atoms with E-state index in [1.807, 2.05) is 24.3 Å². The molecule has 1 aromatic rings. The predicted octanol–water partition coefficient (Wildman–Crippen LogP) is 2.08. The van der Waals surface area contributed by atoms with Crippen molar-refractivity contribution in [3.63, 3.8) is 0 Å². The summed E-state index contributed by atoms with van der Waals surface area (Å²) in [5.41, 5.74) is 1.01. The molecule has 1 aromatic carbocycles. The number of amides is 2. The summed E-state index contributed by atoms with van der Waals surface area (Å²) in [6.07, 6.45) is 6.80. The molecular formula is C23H29N3O3. The third-order valence-corrected chi connectivity index (χ3v) is 8.42. The monoisotopic (exact) mass is 395 g/mol. The molecule has 154 valence electrons. The van der Waals surface area contributed by atoms with Gasteiger partial charge in [-0.05, 0) is 63.5 Å². The Bertz CT molecular complexity index is 859. The number of carbonyl (C=O) groups excluding carboxylic acids is 2. The molecule has 2 amide bonds. The van der Waals surface area contributed by atoms with Crippen molar-refractivity contribution < 1.29 is 14.7 Å². The van der Waals surface area contributed by atoms with Gasteiger partial charge in [-0.15, -0.1) is 0 Å². The lowest BCUT2D eigenvalue weighted by atomic mass is 9.77. The van der Waals surface area contributed by atoms with E-state index in [2.05, 4.69) is 15.1 Å². The van der Waals surface area contributed by atoms with Gasteiger partial charge >= 0.3 is 0 Å². The predicted molar refractivity (Wildman–Crippen MR) is 108 cm³/mol. The van der Waals surface area contributed by atoms with E-state index < -0.39 is 5.54 Å². The number of carbonyl (C=O) groups is 2. The molecule has 6 nitrogen and oxygen atoms in total. The molecular weight excluding hydrogens is 366 g/mol. The van der Waals surface area contributed by atoms with Crippen molar-refractivity contribution in [3.8, 4) is 0 Å². The first-order valence-corrected chi connectivity index (χ1v) is 11.2. The minimum absolute atomic E-state index is 0.0148. The molecule has 5 aliphatic heterocycles. The number of fused-ring (bicyclic) bond motifs is 6. The lowest BCUT2D eigenvalue weighted by Crippen LogP contribution is -2.57. The zero-order valence-electron chi connectivity index (χ0n) is 16.7. The maximum atomic E-state index is 14.1. The standard InChI is InChI=1S/C23H29N3O3/c27-13-14-10-16-7-8-17(11-14)26(16)21(28)19-12-15-4-3-9-25(15)23(19)18-5-1-2-6-20(18)24-22(23)29/h1-2,5-6,14-17,19,27H,3-4,7-13H2,(H,24,29)/t14?,15-,16-,17+,19+,23+/m1/s1. The molecule has 0 aromatic heterocycles. The highest BCUT2D eigenvalue weighted by Gasteiger charge is 2.66. The number of aliphatic hydroxyl groups excluding tert-OH is 1. The molecule has 2 N–H and O–H groups in total. The lowest BCUT2D eigenvalue weighted by molar-refractivity contribution is -0.148. The van der Waals surface area contributed by atoms with Gasteiger partial charge in [-0.2, -0.15) is 0 Å². The topological polar surface area (TPSA) is 72.9 Å². The summed E-state index contributed by atoms with van der Waals surface area (Å²) in [6.45, 7) is 1.10. The Balaban J connectivity index is 1.42. The third kappa shape index (κ3) is 2.24. The summed E-state index contributed by atoms with van der Waals surface area (Å²) in [6, 6.07) is 8.71. The quantitative estimate of drug-likeness (QED) is 0.804. The maximum absolute atomic E-state index is 14.1. The van der Waals surface area contributed by atoms with E-state index in [4.69, 9.17) is 0 Å². The maximum Gasteiger partial charge on any atom is 0.250 e. The van der Waals surface area contributed by atoms with Crippen molar-refractivity contribution in [2.24, 2.45) is 11.8 Å². The molecule has 6 atom stereocenters. The van der Waals surface area contributed by atoms with Crippen LogP contribution in [0.25, 0.3) is 0 Å². The average molecular weight is 396 g/mol. The van der Waals surface area contributed by atoms with Crippen LogP contribution in [0.2, 0.25) is 0 Å². The van der Waals surface area contributed by atoms with Crippen LogP contribution in [0.3, 0.4) is 0 Å². The zero-order valence-corrected chi connectivity index (χ0v) is 16.7. The van der Waals surface area contributed by atoms with Gasteiger partial charge in [-0.25, -0.2) is 0 Å². The highest BCUT2D eigenvalue weighted by Crippen LogP contribution is 2.56. The smallest absolute Gasteiger partial charge is 0.250 e. The number of benzene rings is 1. The number of hydrogen-bond donors (Lipinski definition) is 2. The largest absolute Gasteiger partial charge is 0.396 e. The van der Waals surface area contributed by atoms with E-state index in [9.17, 15) is 14.7 Å². The van der Waals surface area contributed by atoms with Crippen LogP contribution in [-0.4, -0.2) is 58.0 Å². The number of nitrogens with one attached hydrogen (secondary N) is 1. The number of rotatable bonds is 2. The minimum atomic E-state index is -0.845. The first-order valence-electron chi connectivity index (χ1n) is 11.2. The molecule has 6 rings (SSSR count). The van der Waals surface area contributed by atoms with Crippen LogP contribution < -0.4 is 5.32 Å². The van der Waals surface area contributed by atoms with E-state index in [0.29, 0.717) is 12.0 Å². The molecule has 1 spiro atoms.